The summed E-state index contributed by atoms with van der Waals surface area (Å²) in [5.74, 6) is -0.335. The molecule has 0 aliphatic rings. The Kier molecular flexibility index (Phi) is 1.57. The van der Waals surface area contributed by atoms with E-state index < -0.39 is 0 Å². The number of aryl methyl sites for hydroxylation is 1. The van der Waals surface area contributed by atoms with E-state index in [2.05, 4.69) is 11.2 Å². The first-order valence-corrected chi connectivity index (χ1v) is 3.84. The molecule has 0 fully saturated rings. The quantitative estimate of drug-likeness (QED) is 0.628. The summed E-state index contributed by atoms with van der Waals surface area (Å²) in [6.45, 7) is 2.79. The fourth-order valence-electron chi connectivity index (χ4n) is 1.25. The van der Waals surface area contributed by atoms with E-state index in [0.29, 0.717) is 0 Å². The molecule has 2 nitrogen and oxygen atoms in total. The summed E-state index contributed by atoms with van der Waals surface area (Å²) in [5.41, 5.74) is 0.930. The van der Waals surface area contributed by atoms with E-state index in [1.807, 2.05) is 11.6 Å². The van der Waals surface area contributed by atoms with Crippen LogP contribution in [0.2, 0.25) is 0 Å². The number of benzene rings is 1. The predicted octanol–water partition coefficient (Wildman–Crippen LogP) is 2.00. The highest BCUT2D eigenvalue weighted by Gasteiger charge is 2.01. The molecule has 2 rings (SSSR count). The standard InChI is InChI=1S/C9H8FN2/c1-2-12-9-4-3-8(10)5-7(9)6-11-12/h4-6H,2H2,1H3. The first-order chi connectivity index (χ1) is 5.81. The Balaban J connectivity index is 2.73. The number of rotatable bonds is 1. The van der Waals surface area contributed by atoms with Crippen LogP contribution < -0.4 is 0 Å². The highest BCUT2D eigenvalue weighted by atomic mass is 19.1. The molecule has 0 bridgehead atoms. The monoisotopic (exact) mass is 163 g/mol. The van der Waals surface area contributed by atoms with E-state index >= 15 is 0 Å². The van der Waals surface area contributed by atoms with Crippen molar-refractivity contribution in [2.75, 3.05) is 0 Å². The molecule has 0 aliphatic carbocycles. The minimum atomic E-state index is -0.335. The lowest BCUT2D eigenvalue weighted by molar-refractivity contribution is 0.627. The molecule has 0 saturated carbocycles. The Bertz CT molecular complexity index is 406. The Morgan fingerprint density at radius 3 is 3.25 bits per heavy atom. The molecule has 1 aromatic carbocycles. The van der Waals surface area contributed by atoms with Crippen LogP contribution in [0, 0.1) is 11.9 Å². The number of aromatic nitrogens is 2. The maximum atomic E-state index is 12.7. The highest BCUT2D eigenvalue weighted by Crippen LogP contribution is 2.13. The Morgan fingerprint density at radius 1 is 1.67 bits per heavy atom. The zero-order valence-corrected chi connectivity index (χ0v) is 6.71. The van der Waals surface area contributed by atoms with Crippen LogP contribution in [0.5, 0.6) is 0 Å². The highest BCUT2D eigenvalue weighted by molar-refractivity contribution is 5.78. The molecule has 0 spiro atoms. The van der Waals surface area contributed by atoms with Gasteiger partial charge in [0.25, 0.3) is 0 Å². The number of hydrogen-bond donors (Lipinski definition) is 0. The third-order valence-electron chi connectivity index (χ3n) is 1.84. The van der Waals surface area contributed by atoms with Gasteiger partial charge in [0, 0.05) is 18.0 Å². The summed E-state index contributed by atoms with van der Waals surface area (Å²) in [5, 5.41) is 4.91. The number of halogens is 1. The molecule has 0 aliphatic heterocycles. The van der Waals surface area contributed by atoms with Crippen LogP contribution in [0.25, 0.3) is 10.9 Å². The molecule has 0 saturated heterocycles. The van der Waals surface area contributed by atoms with Gasteiger partial charge in [0.1, 0.15) is 5.82 Å². The Hall–Kier alpha value is -1.38. The summed E-state index contributed by atoms with van der Waals surface area (Å²) in [6.07, 6.45) is 1.66. The summed E-state index contributed by atoms with van der Waals surface area (Å²) in [7, 11) is 0. The minimum Gasteiger partial charge on any atom is -0.265 e. The van der Waals surface area contributed by atoms with E-state index in [-0.39, 0.29) is 5.82 Å². The predicted molar refractivity (Wildman–Crippen MR) is 44.2 cm³/mol. The van der Waals surface area contributed by atoms with E-state index in [4.69, 9.17) is 0 Å². The molecule has 61 valence electrons. The van der Waals surface area contributed by atoms with Gasteiger partial charge in [0.05, 0.1) is 11.7 Å². The summed E-state index contributed by atoms with van der Waals surface area (Å²) >= 11 is 0. The Morgan fingerprint density at radius 2 is 2.50 bits per heavy atom. The average molecular weight is 163 g/mol. The normalized spacial score (nSPS) is 10.8. The average Bonchev–Trinajstić information content (AvgIpc) is 2.46. The fourth-order valence-corrected chi connectivity index (χ4v) is 1.25. The van der Waals surface area contributed by atoms with Gasteiger partial charge in [-0.3, -0.25) is 4.68 Å². The topological polar surface area (TPSA) is 17.8 Å². The van der Waals surface area contributed by atoms with Gasteiger partial charge in [-0.05, 0) is 19.1 Å². The molecule has 0 unspecified atom stereocenters. The zero-order chi connectivity index (χ0) is 8.55. The van der Waals surface area contributed by atoms with Crippen molar-refractivity contribution in [2.45, 2.75) is 13.5 Å². The summed E-state index contributed by atoms with van der Waals surface area (Å²) < 4.78 is 14.5. The number of hydrogen-bond acceptors (Lipinski definition) is 1. The molecule has 2 aromatic rings. The van der Waals surface area contributed by atoms with Crippen LogP contribution in [0.1, 0.15) is 6.92 Å². The molecule has 0 amide bonds. The molecule has 0 atom stereocenters. The second-order valence-electron chi connectivity index (χ2n) is 2.58. The van der Waals surface area contributed by atoms with E-state index in [0.717, 1.165) is 17.4 Å². The van der Waals surface area contributed by atoms with Gasteiger partial charge in [-0.2, -0.15) is 5.10 Å². The maximum absolute atomic E-state index is 12.7. The second-order valence-corrected chi connectivity index (χ2v) is 2.58. The van der Waals surface area contributed by atoms with Crippen molar-refractivity contribution in [2.24, 2.45) is 0 Å². The summed E-state index contributed by atoms with van der Waals surface area (Å²) in [4.78, 5) is 0. The van der Waals surface area contributed by atoms with Crippen LogP contribution in [-0.2, 0) is 6.54 Å². The third kappa shape index (κ3) is 0.978. The van der Waals surface area contributed by atoms with E-state index in [1.165, 1.54) is 6.07 Å². The van der Waals surface area contributed by atoms with Gasteiger partial charge in [0.2, 0.25) is 0 Å². The van der Waals surface area contributed by atoms with Crippen LogP contribution in [-0.4, -0.2) is 9.78 Å². The molecule has 12 heavy (non-hydrogen) atoms. The first-order valence-electron chi connectivity index (χ1n) is 3.84. The van der Waals surface area contributed by atoms with E-state index in [1.54, 1.807) is 12.3 Å². The molecular weight excluding hydrogens is 155 g/mol. The molecule has 0 N–H and O–H groups in total. The third-order valence-corrected chi connectivity index (χ3v) is 1.84. The molecule has 1 heterocycles. The van der Waals surface area contributed by atoms with Gasteiger partial charge in [-0.15, -0.1) is 0 Å². The van der Waals surface area contributed by atoms with Crippen molar-refractivity contribution in [3.63, 3.8) is 0 Å². The SMILES string of the molecule is CCn1ncc2cc(F)[c]cc21. The molecular formula is C9H8FN2. The van der Waals surface area contributed by atoms with E-state index in [9.17, 15) is 4.39 Å². The molecule has 1 radical (unpaired) electrons. The van der Waals surface area contributed by atoms with Crippen molar-refractivity contribution >= 4 is 10.9 Å². The zero-order valence-electron chi connectivity index (χ0n) is 6.71. The maximum Gasteiger partial charge on any atom is 0.131 e. The smallest absolute Gasteiger partial charge is 0.131 e. The van der Waals surface area contributed by atoms with Crippen molar-refractivity contribution in [1.82, 2.24) is 9.78 Å². The lowest BCUT2D eigenvalue weighted by atomic mass is 10.2. The second kappa shape index (κ2) is 2.59. The van der Waals surface area contributed by atoms with Crippen molar-refractivity contribution in [3.05, 3.63) is 30.2 Å². The Labute approximate surface area is 69.6 Å². The lowest BCUT2D eigenvalue weighted by Crippen LogP contribution is -1.94. The lowest BCUT2D eigenvalue weighted by Gasteiger charge is -1.96. The number of fused-ring (bicyclic) bond motifs is 1. The van der Waals surface area contributed by atoms with Crippen LogP contribution in [0.3, 0.4) is 0 Å². The van der Waals surface area contributed by atoms with Gasteiger partial charge in [-0.1, -0.05) is 0 Å². The minimum absolute atomic E-state index is 0.335. The van der Waals surface area contributed by atoms with Crippen LogP contribution in [0.4, 0.5) is 4.39 Å². The van der Waals surface area contributed by atoms with Crippen LogP contribution >= 0.6 is 0 Å². The van der Waals surface area contributed by atoms with Crippen LogP contribution in [0.15, 0.2) is 18.3 Å². The number of nitrogens with zero attached hydrogens (tertiary/aromatic N) is 2. The van der Waals surface area contributed by atoms with Crippen molar-refractivity contribution < 1.29 is 4.39 Å². The largest absolute Gasteiger partial charge is 0.265 e. The summed E-state index contributed by atoms with van der Waals surface area (Å²) in [6, 6.07) is 5.57. The van der Waals surface area contributed by atoms with Gasteiger partial charge in [-0.25, -0.2) is 4.39 Å². The molecule has 3 heteroatoms. The van der Waals surface area contributed by atoms with Gasteiger partial charge >= 0.3 is 0 Å². The van der Waals surface area contributed by atoms with Gasteiger partial charge in [0.15, 0.2) is 0 Å². The van der Waals surface area contributed by atoms with Gasteiger partial charge < -0.3 is 0 Å². The molecule has 1 aromatic heterocycles. The van der Waals surface area contributed by atoms with Crippen molar-refractivity contribution in [1.29, 1.82) is 0 Å². The first kappa shape index (κ1) is 7.28. The fraction of sp³-hybridized carbons (Fsp3) is 0.222. The van der Waals surface area contributed by atoms with Crippen molar-refractivity contribution in [3.8, 4) is 0 Å².